The van der Waals surface area contributed by atoms with Crippen molar-refractivity contribution in [3.05, 3.63) is 49.6 Å². The quantitative estimate of drug-likeness (QED) is 0.443. The maximum Gasteiger partial charge on any atom is 0.241 e. The summed E-state index contributed by atoms with van der Waals surface area (Å²) in [5, 5.41) is 18.8. The number of hydrogen-bond donors (Lipinski definition) is 2. The molecule has 0 aliphatic heterocycles. The Morgan fingerprint density at radius 1 is 0.900 bits per heavy atom. The van der Waals surface area contributed by atoms with E-state index in [9.17, 15) is 19.8 Å². The van der Waals surface area contributed by atoms with Crippen LogP contribution < -0.4 is 19.3 Å². The van der Waals surface area contributed by atoms with Gasteiger partial charge in [0.15, 0.2) is 0 Å². The first-order chi connectivity index (χ1) is 9.41. The van der Waals surface area contributed by atoms with Gasteiger partial charge in [-0.1, -0.05) is 0 Å². The number of aromatic nitrogens is 4. The first-order valence-electron chi connectivity index (χ1n) is 5.48. The number of nitrogens with zero attached hydrogens (tertiary/aromatic N) is 2. The van der Waals surface area contributed by atoms with Crippen LogP contribution in [0.1, 0.15) is 0 Å². The second-order valence-electron chi connectivity index (χ2n) is 3.53. The van der Waals surface area contributed by atoms with Gasteiger partial charge < -0.3 is 19.8 Å². The van der Waals surface area contributed by atoms with Crippen molar-refractivity contribution in [3.63, 3.8) is 0 Å². The standard InChI is InChI=1S/2C4H6N2.C4H4O4/c2*1-6-3-2-5-4-6;5-3(6)1-2-4(7)8/h2*2-4H,1H3;1-2H,(H,5,6)(H,7,8)/b;;2-1-. The van der Waals surface area contributed by atoms with Crippen molar-refractivity contribution in [1.29, 1.82) is 0 Å². The molecule has 0 atom stereocenters. The maximum absolute atomic E-state index is 9.41. The summed E-state index contributed by atoms with van der Waals surface area (Å²) < 4.78 is 3.89. The third-order valence-corrected chi connectivity index (χ3v) is 1.72. The predicted octanol–water partition coefficient (Wildman–Crippen LogP) is -3.28. The summed E-state index contributed by atoms with van der Waals surface area (Å²) in [7, 11) is 3.94. The van der Waals surface area contributed by atoms with Crippen LogP contribution in [0.15, 0.2) is 49.6 Å². The summed E-state index contributed by atoms with van der Waals surface area (Å²) in [5.41, 5.74) is 0. The van der Waals surface area contributed by atoms with Crippen LogP contribution in [0, 0.1) is 0 Å². The summed E-state index contributed by atoms with van der Waals surface area (Å²) in [4.78, 5) is 24.6. The molecule has 0 unspecified atom stereocenters. The zero-order valence-electron chi connectivity index (χ0n) is 11.1. The van der Waals surface area contributed by atoms with Crippen molar-refractivity contribution >= 4 is 11.9 Å². The summed E-state index contributed by atoms with van der Waals surface area (Å²) in [5.74, 6) is -3.09. The Morgan fingerprint density at radius 2 is 1.25 bits per heavy atom. The lowest BCUT2D eigenvalue weighted by Crippen LogP contribution is -2.23. The van der Waals surface area contributed by atoms with Gasteiger partial charge in [-0.25, -0.2) is 9.13 Å². The number of carbonyl (C=O) groups is 2. The summed E-state index contributed by atoms with van der Waals surface area (Å²) in [6.45, 7) is 0. The molecule has 2 heterocycles. The van der Waals surface area contributed by atoms with E-state index in [0.29, 0.717) is 12.2 Å². The van der Waals surface area contributed by atoms with E-state index in [0.717, 1.165) is 0 Å². The zero-order chi connectivity index (χ0) is 15.4. The smallest absolute Gasteiger partial charge is 0.241 e. The van der Waals surface area contributed by atoms with Crippen molar-refractivity contribution in [2.75, 3.05) is 0 Å². The average Bonchev–Trinajstić information content (AvgIpc) is 3.02. The van der Waals surface area contributed by atoms with Gasteiger partial charge in [0.2, 0.25) is 12.7 Å². The summed E-state index contributed by atoms with van der Waals surface area (Å²) in [6, 6.07) is 0. The van der Waals surface area contributed by atoms with Crippen LogP contribution in [-0.2, 0) is 23.7 Å². The lowest BCUT2D eigenvalue weighted by atomic mass is 10.5. The number of hydrogen-bond acceptors (Lipinski definition) is 4. The van der Waals surface area contributed by atoms with Gasteiger partial charge in [-0.3, -0.25) is 9.97 Å². The number of imidazole rings is 2. The van der Waals surface area contributed by atoms with Crippen LogP contribution in [0.4, 0.5) is 0 Å². The molecule has 0 aromatic carbocycles. The number of carboxylic acids is 2. The molecule has 0 saturated heterocycles. The lowest BCUT2D eigenvalue weighted by molar-refractivity contribution is -0.670. The van der Waals surface area contributed by atoms with E-state index in [1.807, 2.05) is 60.7 Å². The van der Waals surface area contributed by atoms with E-state index >= 15 is 0 Å². The minimum atomic E-state index is -1.55. The fourth-order valence-electron chi connectivity index (χ4n) is 0.865. The van der Waals surface area contributed by atoms with Gasteiger partial charge in [0.1, 0.15) is 24.8 Å². The van der Waals surface area contributed by atoms with E-state index in [1.54, 1.807) is 0 Å². The number of aliphatic carboxylic acids is 2. The van der Waals surface area contributed by atoms with Crippen LogP contribution in [0.3, 0.4) is 0 Å². The Bertz CT molecular complexity index is 469. The van der Waals surface area contributed by atoms with E-state index in [1.165, 1.54) is 0 Å². The van der Waals surface area contributed by atoms with Crippen molar-refractivity contribution in [2.24, 2.45) is 14.1 Å². The second-order valence-corrected chi connectivity index (χ2v) is 3.53. The molecular formula is C12H16N4O4. The fraction of sp³-hybridized carbons (Fsp3) is 0.167. The van der Waals surface area contributed by atoms with Gasteiger partial charge >= 0.3 is 0 Å². The van der Waals surface area contributed by atoms with Crippen molar-refractivity contribution in [1.82, 2.24) is 9.97 Å². The van der Waals surface area contributed by atoms with E-state index in [2.05, 4.69) is 9.97 Å². The normalized spacial score (nSPS) is 9.10. The Hall–Kier alpha value is -2.90. The molecule has 0 fully saturated rings. The van der Waals surface area contributed by atoms with Crippen LogP contribution in [0.25, 0.3) is 0 Å². The lowest BCUT2D eigenvalue weighted by Gasteiger charge is -1.90. The maximum atomic E-state index is 9.41. The third-order valence-electron chi connectivity index (χ3n) is 1.72. The molecule has 108 valence electrons. The molecule has 8 heteroatoms. The first kappa shape index (κ1) is 17.1. The fourth-order valence-corrected chi connectivity index (χ4v) is 0.865. The van der Waals surface area contributed by atoms with Gasteiger partial charge in [0.05, 0.1) is 26.0 Å². The Morgan fingerprint density at radius 3 is 1.35 bits per heavy atom. The first-order valence-corrected chi connectivity index (χ1v) is 5.48. The van der Waals surface area contributed by atoms with Gasteiger partial charge in [0, 0.05) is 0 Å². The molecule has 0 radical (unpaired) electrons. The summed E-state index contributed by atoms with van der Waals surface area (Å²) >= 11 is 0. The highest BCUT2D eigenvalue weighted by Gasteiger charge is 1.79. The molecule has 0 aliphatic rings. The van der Waals surface area contributed by atoms with Crippen molar-refractivity contribution in [2.45, 2.75) is 0 Å². The molecule has 2 aromatic heterocycles. The molecule has 2 N–H and O–H groups in total. The molecule has 2 rings (SSSR count). The zero-order valence-corrected chi connectivity index (χ0v) is 11.1. The molecule has 0 saturated carbocycles. The number of nitrogens with one attached hydrogen (secondary N) is 2. The van der Waals surface area contributed by atoms with E-state index < -0.39 is 11.9 Å². The van der Waals surface area contributed by atoms with E-state index in [-0.39, 0.29) is 0 Å². The third kappa shape index (κ3) is 11.6. The van der Waals surface area contributed by atoms with Gasteiger partial charge in [-0.2, -0.15) is 0 Å². The Kier molecular flexibility index (Phi) is 8.60. The van der Waals surface area contributed by atoms with Crippen LogP contribution in [0.5, 0.6) is 0 Å². The van der Waals surface area contributed by atoms with Crippen molar-refractivity contribution in [3.8, 4) is 0 Å². The van der Waals surface area contributed by atoms with Crippen molar-refractivity contribution < 1.29 is 28.9 Å². The molecule has 2 aromatic rings. The summed E-state index contributed by atoms with van der Waals surface area (Å²) in [6.07, 6.45) is 12.2. The molecule has 0 spiro atoms. The highest BCUT2D eigenvalue weighted by atomic mass is 16.4. The minimum Gasteiger partial charge on any atom is -0.545 e. The SMILES string of the molecule is C[n+]1cc[nH]c1.C[n+]1cc[nH]c1.O=C([O-])/C=C\C(=O)[O-]. The number of carboxylic acid groups (broad SMARTS) is 2. The molecule has 20 heavy (non-hydrogen) atoms. The van der Waals surface area contributed by atoms with E-state index in [4.69, 9.17) is 0 Å². The number of H-pyrrole nitrogens is 2. The number of aryl methyl sites for hydroxylation is 2. The number of rotatable bonds is 2. The van der Waals surface area contributed by atoms with Gasteiger partial charge in [-0.15, -0.1) is 0 Å². The van der Waals surface area contributed by atoms with Crippen LogP contribution in [-0.4, -0.2) is 21.9 Å². The number of aromatic amines is 2. The Balaban J connectivity index is 0.000000274. The molecule has 8 nitrogen and oxygen atoms in total. The molecule has 0 aliphatic carbocycles. The monoisotopic (exact) mass is 280 g/mol. The van der Waals surface area contributed by atoms with Gasteiger partial charge in [0.25, 0.3) is 0 Å². The molecule has 0 amide bonds. The average molecular weight is 280 g/mol. The molecular weight excluding hydrogens is 264 g/mol. The second kappa shape index (κ2) is 10.1. The highest BCUT2D eigenvalue weighted by Crippen LogP contribution is 1.64. The largest absolute Gasteiger partial charge is 0.545 e. The number of carbonyl (C=O) groups excluding carboxylic acids is 2. The Labute approximate surface area is 115 Å². The highest BCUT2D eigenvalue weighted by molar-refractivity contribution is 5.87. The topological polar surface area (TPSA) is 120 Å². The van der Waals surface area contributed by atoms with Crippen LogP contribution >= 0.6 is 0 Å². The molecule has 0 bridgehead atoms. The predicted molar refractivity (Wildman–Crippen MR) is 63.1 cm³/mol. The van der Waals surface area contributed by atoms with Gasteiger partial charge in [-0.05, 0) is 12.2 Å². The van der Waals surface area contributed by atoms with Crippen LogP contribution in [0.2, 0.25) is 0 Å². The minimum absolute atomic E-state index is 0.384.